The minimum atomic E-state index is -4.72. The van der Waals surface area contributed by atoms with Gasteiger partial charge < -0.3 is 0 Å². The number of alkyl halides is 3. The molecule has 0 aliphatic carbocycles. The lowest BCUT2D eigenvalue weighted by Gasteiger charge is -2.05. The molecule has 3 aromatic rings. The van der Waals surface area contributed by atoms with E-state index in [1.54, 1.807) is 30.3 Å². The molecule has 25 heavy (non-hydrogen) atoms. The van der Waals surface area contributed by atoms with Crippen molar-refractivity contribution in [1.29, 1.82) is 0 Å². The summed E-state index contributed by atoms with van der Waals surface area (Å²) >= 11 is 0. The minimum Gasteiger partial charge on any atom is -0.236 e. The van der Waals surface area contributed by atoms with Crippen molar-refractivity contribution in [3.05, 3.63) is 54.5 Å². The number of benzene rings is 1. The molecule has 2 aromatic heterocycles. The third kappa shape index (κ3) is 3.53. The lowest BCUT2D eigenvalue weighted by molar-refractivity contribution is -0.144. The lowest BCUT2D eigenvalue weighted by Crippen LogP contribution is -2.09. The molecular weight excluding hydrogens is 357 g/mol. The number of sulfone groups is 1. The number of pyridine rings is 1. The van der Waals surface area contributed by atoms with Gasteiger partial charge in [0.15, 0.2) is 21.5 Å². The van der Waals surface area contributed by atoms with Gasteiger partial charge in [-0.3, -0.25) is 0 Å². The van der Waals surface area contributed by atoms with Gasteiger partial charge in [-0.2, -0.15) is 17.9 Å². The van der Waals surface area contributed by atoms with Crippen LogP contribution < -0.4 is 0 Å². The van der Waals surface area contributed by atoms with Gasteiger partial charge in [0.2, 0.25) is 0 Å². The first kappa shape index (κ1) is 17.1. The van der Waals surface area contributed by atoms with Gasteiger partial charge in [0, 0.05) is 18.0 Å². The number of halogens is 3. The van der Waals surface area contributed by atoms with Crippen LogP contribution in [0.5, 0.6) is 0 Å². The monoisotopic (exact) mass is 368 g/mol. The first-order valence-electron chi connectivity index (χ1n) is 6.92. The molecule has 0 spiro atoms. The van der Waals surface area contributed by atoms with Crippen molar-refractivity contribution in [2.24, 2.45) is 0 Å². The first-order valence-corrected chi connectivity index (χ1v) is 8.81. The molecular formula is C15H11F3N4O2S. The summed E-state index contributed by atoms with van der Waals surface area (Å²) in [7, 11) is -3.47. The molecule has 0 unspecified atom stereocenters. The van der Waals surface area contributed by atoms with Crippen LogP contribution in [0.2, 0.25) is 0 Å². The van der Waals surface area contributed by atoms with Crippen molar-refractivity contribution in [3.8, 4) is 17.2 Å². The van der Waals surface area contributed by atoms with Crippen LogP contribution in [0.25, 0.3) is 17.2 Å². The Morgan fingerprint density at radius 3 is 2.24 bits per heavy atom. The largest absolute Gasteiger partial charge is 0.453 e. The van der Waals surface area contributed by atoms with E-state index in [1.807, 2.05) is 0 Å². The molecule has 0 aliphatic rings. The summed E-state index contributed by atoms with van der Waals surface area (Å²) in [6, 6.07) is 10.7. The van der Waals surface area contributed by atoms with E-state index in [-0.39, 0.29) is 16.5 Å². The Balaban J connectivity index is 2.16. The van der Waals surface area contributed by atoms with Crippen LogP contribution in [0, 0.1) is 0 Å². The van der Waals surface area contributed by atoms with E-state index in [2.05, 4.69) is 15.1 Å². The second-order valence-corrected chi connectivity index (χ2v) is 7.17. The maximum atomic E-state index is 13.0. The molecule has 0 aliphatic heterocycles. The van der Waals surface area contributed by atoms with Crippen LogP contribution in [0.1, 0.15) is 5.82 Å². The van der Waals surface area contributed by atoms with E-state index >= 15 is 0 Å². The zero-order chi connectivity index (χ0) is 18.2. The van der Waals surface area contributed by atoms with Gasteiger partial charge in [0.05, 0.1) is 4.90 Å². The van der Waals surface area contributed by atoms with Crippen LogP contribution in [-0.2, 0) is 16.0 Å². The zero-order valence-electron chi connectivity index (χ0n) is 12.8. The predicted octanol–water partition coefficient (Wildman–Crippen LogP) is 2.75. The van der Waals surface area contributed by atoms with Crippen LogP contribution in [0.3, 0.4) is 0 Å². The highest BCUT2D eigenvalue weighted by molar-refractivity contribution is 7.90. The topological polar surface area (TPSA) is 77.7 Å². The summed E-state index contributed by atoms with van der Waals surface area (Å²) in [6.07, 6.45) is -2.65. The Bertz CT molecular complexity index is 998. The second kappa shape index (κ2) is 5.96. The van der Waals surface area contributed by atoms with Gasteiger partial charge in [-0.25, -0.2) is 18.4 Å². The Labute approximate surface area is 140 Å². The van der Waals surface area contributed by atoms with E-state index in [0.29, 0.717) is 5.56 Å². The van der Waals surface area contributed by atoms with Gasteiger partial charge >= 0.3 is 6.18 Å². The van der Waals surface area contributed by atoms with Gasteiger partial charge in [-0.1, -0.05) is 30.3 Å². The molecule has 0 N–H and O–H groups in total. The van der Waals surface area contributed by atoms with E-state index in [4.69, 9.17) is 0 Å². The van der Waals surface area contributed by atoms with E-state index in [1.165, 1.54) is 12.1 Å². The van der Waals surface area contributed by atoms with Gasteiger partial charge in [-0.15, -0.1) is 5.10 Å². The van der Waals surface area contributed by atoms with Crippen molar-refractivity contribution in [1.82, 2.24) is 19.7 Å². The minimum absolute atomic E-state index is 0.0225. The summed E-state index contributed by atoms with van der Waals surface area (Å²) in [5, 5.41) is 3.49. The predicted molar refractivity (Wildman–Crippen MR) is 82.7 cm³/mol. The van der Waals surface area contributed by atoms with Crippen molar-refractivity contribution < 1.29 is 21.6 Å². The van der Waals surface area contributed by atoms with Crippen LogP contribution in [0.4, 0.5) is 13.2 Å². The van der Waals surface area contributed by atoms with Gasteiger partial charge in [-0.05, 0) is 12.1 Å². The molecule has 1 aromatic carbocycles. The van der Waals surface area contributed by atoms with E-state index in [0.717, 1.165) is 17.1 Å². The zero-order valence-corrected chi connectivity index (χ0v) is 13.6. The van der Waals surface area contributed by atoms with E-state index < -0.39 is 21.8 Å². The second-order valence-electron chi connectivity index (χ2n) is 5.16. The molecule has 0 atom stereocenters. The van der Waals surface area contributed by atoms with Crippen LogP contribution >= 0.6 is 0 Å². The fourth-order valence-corrected chi connectivity index (χ4v) is 2.64. The molecule has 130 valence electrons. The summed E-state index contributed by atoms with van der Waals surface area (Å²) in [4.78, 5) is 7.43. The fraction of sp³-hybridized carbons (Fsp3) is 0.133. The summed E-state index contributed by atoms with van der Waals surface area (Å²) < 4.78 is 62.9. The fourth-order valence-electron chi connectivity index (χ4n) is 2.08. The van der Waals surface area contributed by atoms with Gasteiger partial charge in [0.1, 0.15) is 0 Å². The Kier molecular flexibility index (Phi) is 4.07. The standard InChI is InChI=1S/C15H11F3N4O2S/c1-25(23,24)11-7-8-12(19-9-11)22-13(10-5-3-2-4-6-10)20-14(21-22)15(16,17)18/h2-9H,1H3. The molecule has 10 heteroatoms. The highest BCUT2D eigenvalue weighted by Gasteiger charge is 2.37. The van der Waals surface area contributed by atoms with Crippen LogP contribution in [-0.4, -0.2) is 34.4 Å². The van der Waals surface area contributed by atoms with E-state index in [9.17, 15) is 21.6 Å². The molecule has 0 fully saturated rings. The third-order valence-corrected chi connectivity index (χ3v) is 4.36. The van der Waals surface area contributed by atoms with Crippen molar-refractivity contribution >= 4 is 9.84 Å². The average molecular weight is 368 g/mol. The van der Waals surface area contributed by atoms with Gasteiger partial charge in [0.25, 0.3) is 5.82 Å². The van der Waals surface area contributed by atoms with Crippen LogP contribution in [0.15, 0.2) is 53.6 Å². The maximum absolute atomic E-state index is 13.0. The number of hydrogen-bond acceptors (Lipinski definition) is 5. The van der Waals surface area contributed by atoms with Crippen molar-refractivity contribution in [3.63, 3.8) is 0 Å². The molecule has 0 saturated carbocycles. The summed E-state index contributed by atoms with van der Waals surface area (Å²) in [5.74, 6) is -1.33. The Hall–Kier alpha value is -2.75. The number of hydrogen-bond donors (Lipinski definition) is 0. The number of aromatic nitrogens is 4. The summed E-state index contributed by atoms with van der Waals surface area (Å²) in [5.41, 5.74) is 0.416. The normalized spacial score (nSPS) is 12.3. The quantitative estimate of drug-likeness (QED) is 0.710. The summed E-state index contributed by atoms with van der Waals surface area (Å²) in [6.45, 7) is 0. The maximum Gasteiger partial charge on any atom is 0.453 e. The molecule has 0 amide bonds. The molecule has 0 saturated heterocycles. The molecule has 0 bridgehead atoms. The SMILES string of the molecule is CS(=O)(=O)c1ccc(-n2nc(C(F)(F)F)nc2-c2ccccc2)nc1. The smallest absolute Gasteiger partial charge is 0.236 e. The third-order valence-electron chi connectivity index (χ3n) is 3.26. The van der Waals surface area contributed by atoms with Crippen molar-refractivity contribution in [2.75, 3.05) is 6.26 Å². The highest BCUT2D eigenvalue weighted by atomic mass is 32.2. The average Bonchev–Trinajstić information content (AvgIpc) is 3.00. The molecule has 6 nitrogen and oxygen atoms in total. The van der Waals surface area contributed by atoms with Crippen molar-refractivity contribution in [2.45, 2.75) is 11.1 Å². The first-order chi connectivity index (χ1) is 11.7. The molecule has 2 heterocycles. The highest BCUT2D eigenvalue weighted by Crippen LogP contribution is 2.30. The number of rotatable bonds is 3. The number of nitrogens with zero attached hydrogens (tertiary/aromatic N) is 4. The molecule has 3 rings (SSSR count). The Morgan fingerprint density at radius 2 is 1.72 bits per heavy atom. The molecule has 0 radical (unpaired) electrons. The lowest BCUT2D eigenvalue weighted by atomic mass is 10.2. The Morgan fingerprint density at radius 1 is 1.04 bits per heavy atom.